The van der Waals surface area contributed by atoms with Crippen molar-refractivity contribution in [3.05, 3.63) is 30.1 Å². The van der Waals surface area contributed by atoms with E-state index in [1.165, 1.54) is 39.1 Å². The van der Waals surface area contributed by atoms with Crippen molar-refractivity contribution in [3.63, 3.8) is 0 Å². The van der Waals surface area contributed by atoms with Gasteiger partial charge in [0.05, 0.1) is 0 Å². The Balaban J connectivity index is 3.02. The van der Waals surface area contributed by atoms with Gasteiger partial charge in [0, 0.05) is 12.7 Å². The van der Waals surface area contributed by atoms with Gasteiger partial charge in [0.25, 0.3) is 0 Å². The highest BCUT2D eigenvalue weighted by molar-refractivity contribution is 6.08. The molecule has 0 atom stereocenters. The molecular formula is C12H14FNO3. The first kappa shape index (κ1) is 13.2. The lowest BCUT2D eigenvalue weighted by atomic mass is 9.92. The molecule has 1 N–H and O–H groups in total. The molecule has 1 rings (SSSR count). The lowest BCUT2D eigenvalue weighted by Crippen LogP contribution is -2.43. The molecule has 1 amide bonds. The standard InChI is InChI=1S/C12H14FNO3/c1-12(2,11(16)17)10(15)14(3)9-6-4-5-8(13)7-9/h4-7H,1-3H3,(H,16,17). The molecule has 0 heterocycles. The number of hydrogen-bond acceptors (Lipinski definition) is 2. The van der Waals surface area contributed by atoms with Gasteiger partial charge in [-0.1, -0.05) is 6.07 Å². The van der Waals surface area contributed by atoms with Crippen molar-refractivity contribution in [1.29, 1.82) is 0 Å². The van der Waals surface area contributed by atoms with Gasteiger partial charge >= 0.3 is 5.97 Å². The lowest BCUT2D eigenvalue weighted by molar-refractivity contribution is -0.152. The van der Waals surface area contributed by atoms with Crippen LogP contribution in [0.3, 0.4) is 0 Å². The Morgan fingerprint density at radius 3 is 2.41 bits per heavy atom. The minimum absolute atomic E-state index is 0.323. The fourth-order valence-corrected chi connectivity index (χ4v) is 1.31. The number of aliphatic carboxylic acids is 1. The Kier molecular flexibility index (Phi) is 3.50. The summed E-state index contributed by atoms with van der Waals surface area (Å²) < 4.78 is 13.0. The number of carbonyl (C=O) groups is 2. The van der Waals surface area contributed by atoms with E-state index in [4.69, 9.17) is 5.11 Å². The van der Waals surface area contributed by atoms with E-state index >= 15 is 0 Å². The number of nitrogens with zero attached hydrogens (tertiary/aromatic N) is 1. The van der Waals surface area contributed by atoms with Crippen LogP contribution >= 0.6 is 0 Å². The highest BCUT2D eigenvalue weighted by Gasteiger charge is 2.38. The quantitative estimate of drug-likeness (QED) is 0.819. The van der Waals surface area contributed by atoms with Crippen molar-refractivity contribution in [2.75, 3.05) is 11.9 Å². The monoisotopic (exact) mass is 239 g/mol. The number of hydrogen-bond donors (Lipinski definition) is 1. The molecule has 0 fully saturated rings. The van der Waals surface area contributed by atoms with E-state index in [0.717, 1.165) is 4.90 Å². The van der Waals surface area contributed by atoms with Gasteiger partial charge < -0.3 is 10.0 Å². The summed E-state index contributed by atoms with van der Waals surface area (Å²) in [6.07, 6.45) is 0. The van der Waals surface area contributed by atoms with Crippen LogP contribution in [0.1, 0.15) is 13.8 Å². The van der Waals surface area contributed by atoms with Gasteiger partial charge in [-0.15, -0.1) is 0 Å². The second-order valence-electron chi connectivity index (χ2n) is 4.27. The number of carboxylic acids is 1. The summed E-state index contributed by atoms with van der Waals surface area (Å²) in [5, 5.41) is 8.94. The maximum Gasteiger partial charge on any atom is 0.318 e. The first-order valence-corrected chi connectivity index (χ1v) is 5.04. The van der Waals surface area contributed by atoms with Crippen molar-refractivity contribution in [2.24, 2.45) is 5.41 Å². The molecular weight excluding hydrogens is 225 g/mol. The molecule has 5 heteroatoms. The van der Waals surface area contributed by atoms with Crippen LogP contribution in [0.5, 0.6) is 0 Å². The third-order valence-electron chi connectivity index (χ3n) is 2.57. The van der Waals surface area contributed by atoms with Crippen LogP contribution in [0, 0.1) is 11.2 Å². The average Bonchev–Trinajstić information content (AvgIpc) is 2.26. The summed E-state index contributed by atoms with van der Waals surface area (Å²) in [5.41, 5.74) is -1.22. The molecule has 0 unspecified atom stereocenters. The fourth-order valence-electron chi connectivity index (χ4n) is 1.31. The predicted molar refractivity (Wildman–Crippen MR) is 61.2 cm³/mol. The molecule has 0 aliphatic heterocycles. The molecule has 1 aromatic rings. The molecule has 0 saturated carbocycles. The highest BCUT2D eigenvalue weighted by atomic mass is 19.1. The lowest BCUT2D eigenvalue weighted by Gasteiger charge is -2.25. The summed E-state index contributed by atoms with van der Waals surface area (Å²) >= 11 is 0. The van der Waals surface area contributed by atoms with Crippen LogP contribution < -0.4 is 4.90 Å². The topological polar surface area (TPSA) is 57.6 Å². The first-order chi connectivity index (χ1) is 7.76. The van der Waals surface area contributed by atoms with Crippen LogP contribution in [-0.4, -0.2) is 24.0 Å². The Hall–Kier alpha value is -1.91. The van der Waals surface area contributed by atoms with Crippen LogP contribution in [0.4, 0.5) is 10.1 Å². The number of amides is 1. The number of benzene rings is 1. The zero-order valence-corrected chi connectivity index (χ0v) is 9.90. The number of anilines is 1. The van der Waals surface area contributed by atoms with Crippen molar-refractivity contribution in [1.82, 2.24) is 0 Å². The minimum Gasteiger partial charge on any atom is -0.480 e. The van der Waals surface area contributed by atoms with E-state index in [9.17, 15) is 14.0 Å². The number of carboxylic acid groups (broad SMARTS) is 1. The Bertz CT molecular complexity index is 457. The molecule has 0 saturated heterocycles. The minimum atomic E-state index is -1.54. The van der Waals surface area contributed by atoms with Crippen molar-refractivity contribution >= 4 is 17.6 Å². The van der Waals surface area contributed by atoms with Gasteiger partial charge in [0.15, 0.2) is 0 Å². The molecule has 92 valence electrons. The third kappa shape index (κ3) is 2.61. The van der Waals surface area contributed by atoms with Crippen molar-refractivity contribution in [2.45, 2.75) is 13.8 Å². The van der Waals surface area contributed by atoms with E-state index < -0.39 is 23.1 Å². The zero-order valence-electron chi connectivity index (χ0n) is 9.90. The van der Waals surface area contributed by atoms with E-state index in [-0.39, 0.29) is 0 Å². The highest BCUT2D eigenvalue weighted by Crippen LogP contribution is 2.23. The molecule has 0 aromatic heterocycles. The maximum atomic E-state index is 13.0. The Labute approximate surface area is 98.7 Å². The average molecular weight is 239 g/mol. The van der Waals surface area contributed by atoms with Crippen molar-refractivity contribution < 1.29 is 19.1 Å². The predicted octanol–water partition coefficient (Wildman–Crippen LogP) is 1.90. The molecule has 0 radical (unpaired) electrons. The van der Waals surface area contributed by atoms with Gasteiger partial charge in [-0.2, -0.15) is 0 Å². The smallest absolute Gasteiger partial charge is 0.318 e. The van der Waals surface area contributed by atoms with E-state index in [0.29, 0.717) is 5.69 Å². The largest absolute Gasteiger partial charge is 0.480 e. The molecule has 1 aromatic carbocycles. The van der Waals surface area contributed by atoms with Crippen LogP contribution in [0.15, 0.2) is 24.3 Å². The van der Waals surface area contributed by atoms with Gasteiger partial charge in [-0.25, -0.2) is 4.39 Å². The third-order valence-corrected chi connectivity index (χ3v) is 2.57. The number of halogens is 1. The molecule has 4 nitrogen and oxygen atoms in total. The summed E-state index contributed by atoms with van der Waals surface area (Å²) in [6, 6.07) is 5.43. The fraction of sp³-hybridized carbons (Fsp3) is 0.333. The molecule has 0 aliphatic carbocycles. The van der Waals surface area contributed by atoms with E-state index in [1.807, 2.05) is 0 Å². The van der Waals surface area contributed by atoms with Gasteiger partial charge in [0.2, 0.25) is 5.91 Å². The Morgan fingerprint density at radius 2 is 1.94 bits per heavy atom. The maximum absolute atomic E-state index is 13.0. The van der Waals surface area contributed by atoms with Crippen LogP contribution in [-0.2, 0) is 9.59 Å². The van der Waals surface area contributed by atoms with Crippen LogP contribution in [0.25, 0.3) is 0 Å². The summed E-state index contributed by atoms with van der Waals surface area (Å²) in [5.74, 6) is -2.29. The molecule has 0 spiro atoms. The number of carbonyl (C=O) groups excluding carboxylic acids is 1. The van der Waals surface area contributed by atoms with E-state index in [1.54, 1.807) is 6.07 Å². The first-order valence-electron chi connectivity index (χ1n) is 5.04. The summed E-state index contributed by atoms with van der Waals surface area (Å²) in [7, 11) is 1.42. The summed E-state index contributed by atoms with van der Waals surface area (Å²) in [4.78, 5) is 24.0. The number of rotatable bonds is 3. The second kappa shape index (κ2) is 4.53. The molecule has 17 heavy (non-hydrogen) atoms. The SMILES string of the molecule is CN(C(=O)C(C)(C)C(=O)O)c1cccc(F)c1. The van der Waals surface area contributed by atoms with Crippen molar-refractivity contribution in [3.8, 4) is 0 Å². The molecule has 0 aliphatic rings. The molecule has 0 bridgehead atoms. The van der Waals surface area contributed by atoms with E-state index in [2.05, 4.69) is 0 Å². The van der Waals surface area contributed by atoms with Crippen LogP contribution in [0.2, 0.25) is 0 Å². The Morgan fingerprint density at radius 1 is 1.35 bits per heavy atom. The summed E-state index contributed by atoms with van der Waals surface area (Å²) in [6.45, 7) is 2.63. The van der Waals surface area contributed by atoms with Gasteiger partial charge in [0.1, 0.15) is 11.2 Å². The second-order valence-corrected chi connectivity index (χ2v) is 4.27. The normalized spacial score (nSPS) is 11.1. The van der Waals surface area contributed by atoms with Gasteiger partial charge in [-0.05, 0) is 32.0 Å². The zero-order chi connectivity index (χ0) is 13.2. The van der Waals surface area contributed by atoms with Gasteiger partial charge in [-0.3, -0.25) is 9.59 Å².